The van der Waals surface area contributed by atoms with E-state index in [1.807, 2.05) is 22.9 Å². The van der Waals surface area contributed by atoms with Gasteiger partial charge < -0.3 is 13.9 Å². The highest BCUT2D eigenvalue weighted by Crippen LogP contribution is 2.31. The van der Waals surface area contributed by atoms with E-state index in [1.165, 1.54) is 12.5 Å². The standard InChI is InChI=1S/C17H20N6O2S/c1-4-23-15(18-19-17(23)26-3)14-12-9-22(7-5-13(12)21(2)20-14)16(24)11-6-8-25-10-11/h6,8,10H,4-5,7,9H2,1-3H3. The molecule has 0 aliphatic carbocycles. The van der Waals surface area contributed by atoms with Crippen LogP contribution in [0, 0.1) is 0 Å². The zero-order valence-corrected chi connectivity index (χ0v) is 15.8. The Bertz CT molecular complexity index is 943. The molecule has 1 aliphatic rings. The third-order valence-electron chi connectivity index (χ3n) is 4.73. The zero-order chi connectivity index (χ0) is 18.3. The van der Waals surface area contributed by atoms with E-state index in [-0.39, 0.29) is 5.91 Å². The Morgan fingerprint density at radius 1 is 1.38 bits per heavy atom. The smallest absolute Gasteiger partial charge is 0.257 e. The molecule has 26 heavy (non-hydrogen) atoms. The SMILES string of the molecule is CCn1c(SC)nnc1-c1nn(C)c2c1CN(C(=O)c1ccoc1)CC2. The number of aryl methyl sites for hydroxylation is 1. The molecule has 3 aromatic rings. The van der Waals surface area contributed by atoms with Crippen LogP contribution in [0.5, 0.6) is 0 Å². The van der Waals surface area contributed by atoms with E-state index in [9.17, 15) is 4.79 Å². The lowest BCUT2D eigenvalue weighted by Crippen LogP contribution is -2.36. The number of carbonyl (C=O) groups is 1. The largest absolute Gasteiger partial charge is 0.472 e. The molecule has 0 N–H and O–H groups in total. The highest BCUT2D eigenvalue weighted by atomic mass is 32.2. The van der Waals surface area contributed by atoms with Crippen molar-refractivity contribution >= 4 is 17.7 Å². The molecule has 0 unspecified atom stereocenters. The molecule has 4 rings (SSSR count). The highest BCUT2D eigenvalue weighted by molar-refractivity contribution is 7.98. The molecule has 0 spiro atoms. The van der Waals surface area contributed by atoms with Gasteiger partial charge in [0.15, 0.2) is 11.0 Å². The average molecular weight is 372 g/mol. The van der Waals surface area contributed by atoms with Gasteiger partial charge in [0.05, 0.1) is 18.4 Å². The number of thioether (sulfide) groups is 1. The first-order valence-corrected chi connectivity index (χ1v) is 9.70. The van der Waals surface area contributed by atoms with Crippen LogP contribution in [0.3, 0.4) is 0 Å². The van der Waals surface area contributed by atoms with Crippen LogP contribution in [0.1, 0.15) is 28.5 Å². The van der Waals surface area contributed by atoms with E-state index in [0.29, 0.717) is 18.7 Å². The summed E-state index contributed by atoms with van der Waals surface area (Å²) < 4.78 is 9.01. The van der Waals surface area contributed by atoms with E-state index in [4.69, 9.17) is 9.52 Å². The first-order valence-electron chi connectivity index (χ1n) is 8.47. The summed E-state index contributed by atoms with van der Waals surface area (Å²) in [6, 6.07) is 1.69. The van der Waals surface area contributed by atoms with Gasteiger partial charge in [-0.05, 0) is 19.2 Å². The predicted molar refractivity (Wildman–Crippen MR) is 96.8 cm³/mol. The molecule has 4 heterocycles. The van der Waals surface area contributed by atoms with Crippen molar-refractivity contribution in [2.24, 2.45) is 7.05 Å². The van der Waals surface area contributed by atoms with Gasteiger partial charge in [-0.1, -0.05) is 11.8 Å². The number of carbonyl (C=O) groups excluding carboxylic acids is 1. The summed E-state index contributed by atoms with van der Waals surface area (Å²) in [7, 11) is 1.94. The van der Waals surface area contributed by atoms with Crippen LogP contribution in [0.25, 0.3) is 11.5 Å². The Morgan fingerprint density at radius 2 is 2.23 bits per heavy atom. The summed E-state index contributed by atoms with van der Waals surface area (Å²) in [6.07, 6.45) is 5.75. The fraction of sp³-hybridized carbons (Fsp3) is 0.412. The Kier molecular flexibility index (Phi) is 4.31. The second kappa shape index (κ2) is 6.64. The Hall–Kier alpha value is -2.55. The zero-order valence-electron chi connectivity index (χ0n) is 15.0. The number of aromatic nitrogens is 5. The molecular weight excluding hydrogens is 352 g/mol. The molecule has 9 heteroatoms. The molecule has 0 atom stereocenters. The van der Waals surface area contributed by atoms with Gasteiger partial charge in [-0.25, -0.2) is 0 Å². The Labute approximate surface area is 155 Å². The van der Waals surface area contributed by atoms with Crippen LogP contribution in [0.15, 0.2) is 28.2 Å². The average Bonchev–Trinajstić information content (AvgIpc) is 3.39. The van der Waals surface area contributed by atoms with Gasteiger partial charge >= 0.3 is 0 Å². The van der Waals surface area contributed by atoms with Gasteiger partial charge in [0.1, 0.15) is 12.0 Å². The summed E-state index contributed by atoms with van der Waals surface area (Å²) in [5.74, 6) is 0.729. The normalized spacial score (nSPS) is 13.9. The fourth-order valence-corrected chi connectivity index (χ4v) is 3.97. The first-order chi connectivity index (χ1) is 12.6. The number of fused-ring (bicyclic) bond motifs is 1. The van der Waals surface area contributed by atoms with Crippen LogP contribution in [0.2, 0.25) is 0 Å². The molecule has 0 saturated heterocycles. The minimum atomic E-state index is -0.0269. The number of nitrogens with zero attached hydrogens (tertiary/aromatic N) is 6. The fourth-order valence-electron chi connectivity index (χ4n) is 3.41. The Balaban J connectivity index is 1.73. The third kappa shape index (κ3) is 2.63. The molecule has 136 valence electrons. The van der Waals surface area contributed by atoms with Crippen LogP contribution in [-0.4, -0.2) is 48.2 Å². The lowest BCUT2D eigenvalue weighted by atomic mass is 10.0. The number of rotatable bonds is 4. The van der Waals surface area contributed by atoms with E-state index in [0.717, 1.165) is 40.9 Å². The summed E-state index contributed by atoms with van der Waals surface area (Å²) in [6.45, 7) is 4.00. The second-order valence-corrected chi connectivity index (χ2v) is 6.91. The summed E-state index contributed by atoms with van der Waals surface area (Å²) in [5.41, 5.74) is 3.57. The van der Waals surface area contributed by atoms with Crippen molar-refractivity contribution in [3.63, 3.8) is 0 Å². The van der Waals surface area contributed by atoms with E-state index < -0.39 is 0 Å². The van der Waals surface area contributed by atoms with Gasteiger partial charge in [0, 0.05) is 37.8 Å². The maximum absolute atomic E-state index is 12.7. The number of hydrogen-bond acceptors (Lipinski definition) is 6. The topological polar surface area (TPSA) is 82.0 Å². The molecule has 0 saturated carbocycles. The summed E-state index contributed by atoms with van der Waals surface area (Å²) in [5, 5.41) is 14.2. The van der Waals surface area contributed by atoms with Gasteiger partial charge in [-0.15, -0.1) is 10.2 Å². The lowest BCUT2D eigenvalue weighted by Gasteiger charge is -2.27. The highest BCUT2D eigenvalue weighted by Gasteiger charge is 2.30. The number of furan rings is 1. The molecule has 0 fully saturated rings. The molecule has 3 aromatic heterocycles. The molecule has 1 aliphatic heterocycles. The van der Waals surface area contributed by atoms with Crippen molar-refractivity contribution in [1.82, 2.24) is 29.4 Å². The maximum atomic E-state index is 12.7. The minimum Gasteiger partial charge on any atom is -0.472 e. The number of amides is 1. The second-order valence-electron chi connectivity index (χ2n) is 6.14. The van der Waals surface area contributed by atoms with Gasteiger partial charge in [-0.2, -0.15) is 5.10 Å². The predicted octanol–water partition coefficient (Wildman–Crippen LogP) is 2.21. The van der Waals surface area contributed by atoms with Gasteiger partial charge in [0.2, 0.25) is 0 Å². The molecule has 0 aromatic carbocycles. The third-order valence-corrected chi connectivity index (χ3v) is 5.39. The summed E-state index contributed by atoms with van der Waals surface area (Å²) in [4.78, 5) is 14.5. The van der Waals surface area contributed by atoms with Gasteiger partial charge in [-0.3, -0.25) is 9.48 Å². The van der Waals surface area contributed by atoms with Crippen LogP contribution in [-0.2, 0) is 26.6 Å². The Morgan fingerprint density at radius 3 is 2.92 bits per heavy atom. The quantitative estimate of drug-likeness (QED) is 0.653. The van der Waals surface area contributed by atoms with E-state index in [1.54, 1.807) is 17.8 Å². The lowest BCUT2D eigenvalue weighted by molar-refractivity contribution is 0.0733. The van der Waals surface area contributed by atoms with Crippen LogP contribution in [0.4, 0.5) is 0 Å². The van der Waals surface area contributed by atoms with Crippen molar-refractivity contribution in [3.05, 3.63) is 35.4 Å². The molecule has 1 amide bonds. The minimum absolute atomic E-state index is 0.0269. The number of hydrogen-bond donors (Lipinski definition) is 0. The molecule has 8 nitrogen and oxygen atoms in total. The van der Waals surface area contributed by atoms with Crippen molar-refractivity contribution in [2.75, 3.05) is 12.8 Å². The summed E-state index contributed by atoms with van der Waals surface area (Å²) >= 11 is 1.56. The van der Waals surface area contributed by atoms with Gasteiger partial charge in [0.25, 0.3) is 5.91 Å². The molecular formula is C17H20N6O2S. The maximum Gasteiger partial charge on any atom is 0.257 e. The van der Waals surface area contributed by atoms with Crippen molar-refractivity contribution < 1.29 is 9.21 Å². The van der Waals surface area contributed by atoms with E-state index in [2.05, 4.69) is 21.7 Å². The van der Waals surface area contributed by atoms with Crippen molar-refractivity contribution in [2.45, 2.75) is 31.6 Å². The molecule has 0 radical (unpaired) electrons. The van der Waals surface area contributed by atoms with Crippen molar-refractivity contribution in [3.8, 4) is 11.5 Å². The first kappa shape index (κ1) is 16.9. The van der Waals surface area contributed by atoms with Crippen molar-refractivity contribution in [1.29, 1.82) is 0 Å². The van der Waals surface area contributed by atoms with E-state index >= 15 is 0 Å². The molecule has 0 bridgehead atoms. The van der Waals surface area contributed by atoms with Crippen LogP contribution >= 0.6 is 11.8 Å². The van der Waals surface area contributed by atoms with Crippen LogP contribution < -0.4 is 0 Å². The monoisotopic (exact) mass is 372 g/mol.